The molecule has 3 rings (SSSR count). The summed E-state index contributed by atoms with van der Waals surface area (Å²) in [5.74, 6) is 0.674. The van der Waals surface area contributed by atoms with E-state index in [0.29, 0.717) is 28.7 Å². The zero-order valence-electron chi connectivity index (χ0n) is 15.0. The van der Waals surface area contributed by atoms with E-state index in [2.05, 4.69) is 10.6 Å². The SMILES string of the molecule is COc1ccc(NC(=O)C(=O)NCC2COc3ccccc3O2)cc1OC. The van der Waals surface area contributed by atoms with Gasteiger partial charge in [0.05, 0.1) is 20.8 Å². The van der Waals surface area contributed by atoms with Crippen LogP contribution in [0.1, 0.15) is 0 Å². The standard InChI is InChI=1S/C19H20N2O6/c1-24-14-8-7-12(9-17(14)25-2)21-19(23)18(22)20-10-13-11-26-15-5-3-4-6-16(15)27-13/h3-9,13H,10-11H2,1-2H3,(H,20,22)(H,21,23). The number of carbonyl (C=O) groups is 2. The molecule has 1 unspecified atom stereocenters. The quantitative estimate of drug-likeness (QED) is 0.774. The van der Waals surface area contributed by atoms with Crippen molar-refractivity contribution in [3.63, 3.8) is 0 Å². The maximum Gasteiger partial charge on any atom is 0.313 e. The molecule has 8 nitrogen and oxygen atoms in total. The molecule has 0 saturated carbocycles. The van der Waals surface area contributed by atoms with Gasteiger partial charge in [0.25, 0.3) is 0 Å². The molecule has 2 amide bonds. The highest BCUT2D eigenvalue weighted by Crippen LogP contribution is 2.31. The van der Waals surface area contributed by atoms with E-state index < -0.39 is 11.8 Å². The van der Waals surface area contributed by atoms with E-state index in [0.717, 1.165) is 0 Å². The largest absolute Gasteiger partial charge is 0.493 e. The number of nitrogens with one attached hydrogen (secondary N) is 2. The maximum atomic E-state index is 12.1. The Morgan fingerprint density at radius 1 is 1.04 bits per heavy atom. The number of carbonyl (C=O) groups excluding carboxylic acids is 2. The average Bonchev–Trinajstić information content (AvgIpc) is 2.71. The van der Waals surface area contributed by atoms with E-state index in [9.17, 15) is 9.59 Å². The van der Waals surface area contributed by atoms with Gasteiger partial charge in [0.1, 0.15) is 12.7 Å². The van der Waals surface area contributed by atoms with Gasteiger partial charge in [-0.1, -0.05) is 12.1 Å². The molecule has 2 N–H and O–H groups in total. The minimum Gasteiger partial charge on any atom is -0.493 e. The Hall–Kier alpha value is -3.42. The molecule has 1 atom stereocenters. The summed E-state index contributed by atoms with van der Waals surface area (Å²) in [5.41, 5.74) is 0.416. The summed E-state index contributed by atoms with van der Waals surface area (Å²) in [4.78, 5) is 24.1. The molecule has 142 valence electrons. The molecule has 2 aromatic rings. The van der Waals surface area contributed by atoms with Gasteiger partial charge in [-0.3, -0.25) is 9.59 Å². The first-order valence-electron chi connectivity index (χ1n) is 8.30. The lowest BCUT2D eigenvalue weighted by atomic mass is 10.2. The number of rotatable bonds is 5. The zero-order valence-corrected chi connectivity index (χ0v) is 15.0. The second-order valence-corrected chi connectivity index (χ2v) is 5.73. The molecule has 8 heteroatoms. The summed E-state index contributed by atoms with van der Waals surface area (Å²) in [6.45, 7) is 0.432. The summed E-state index contributed by atoms with van der Waals surface area (Å²) in [6.07, 6.45) is -0.377. The van der Waals surface area contributed by atoms with Crippen molar-refractivity contribution < 1.29 is 28.5 Å². The Labute approximate surface area is 156 Å². The molecule has 0 aliphatic carbocycles. The first-order chi connectivity index (χ1) is 13.1. The van der Waals surface area contributed by atoms with Gasteiger partial charge in [-0.2, -0.15) is 0 Å². The van der Waals surface area contributed by atoms with Crippen molar-refractivity contribution in [2.45, 2.75) is 6.10 Å². The van der Waals surface area contributed by atoms with Crippen molar-refractivity contribution in [3.8, 4) is 23.0 Å². The van der Waals surface area contributed by atoms with Gasteiger partial charge in [-0.25, -0.2) is 0 Å². The Bertz CT molecular complexity index is 839. The summed E-state index contributed by atoms with van der Waals surface area (Å²) in [5, 5.41) is 5.05. The second kappa shape index (κ2) is 8.31. The van der Waals surface area contributed by atoms with Crippen LogP contribution < -0.4 is 29.6 Å². The Balaban J connectivity index is 1.52. The molecule has 2 aromatic carbocycles. The fourth-order valence-electron chi connectivity index (χ4n) is 2.55. The highest BCUT2D eigenvalue weighted by atomic mass is 16.6. The molecule has 0 fully saturated rings. The molecule has 0 saturated heterocycles. The molecule has 1 aliphatic heterocycles. The third kappa shape index (κ3) is 4.41. The van der Waals surface area contributed by atoms with Crippen LogP contribution in [0.5, 0.6) is 23.0 Å². The van der Waals surface area contributed by atoms with Crippen LogP contribution in [-0.2, 0) is 9.59 Å². The minimum absolute atomic E-state index is 0.145. The molecule has 1 heterocycles. The van der Waals surface area contributed by atoms with E-state index in [1.165, 1.54) is 14.2 Å². The highest BCUT2D eigenvalue weighted by Gasteiger charge is 2.22. The van der Waals surface area contributed by atoms with E-state index in [-0.39, 0.29) is 19.3 Å². The molecule has 27 heavy (non-hydrogen) atoms. The van der Waals surface area contributed by atoms with E-state index in [4.69, 9.17) is 18.9 Å². The Morgan fingerprint density at radius 3 is 2.52 bits per heavy atom. The molecular weight excluding hydrogens is 352 g/mol. The smallest absolute Gasteiger partial charge is 0.313 e. The first kappa shape index (κ1) is 18.4. The number of ether oxygens (including phenoxy) is 4. The van der Waals surface area contributed by atoms with E-state index >= 15 is 0 Å². The predicted molar refractivity (Wildman–Crippen MR) is 97.5 cm³/mol. The number of fused-ring (bicyclic) bond motifs is 1. The lowest BCUT2D eigenvalue weighted by Gasteiger charge is -2.26. The van der Waals surface area contributed by atoms with Crippen molar-refractivity contribution >= 4 is 17.5 Å². The van der Waals surface area contributed by atoms with Gasteiger partial charge in [0.15, 0.2) is 23.0 Å². The highest BCUT2D eigenvalue weighted by molar-refractivity contribution is 6.39. The first-order valence-corrected chi connectivity index (χ1v) is 8.30. The topological polar surface area (TPSA) is 95.1 Å². The van der Waals surface area contributed by atoms with Crippen LogP contribution in [-0.4, -0.2) is 45.3 Å². The molecule has 0 spiro atoms. The monoisotopic (exact) mass is 372 g/mol. The number of benzene rings is 2. The third-order valence-corrected chi connectivity index (χ3v) is 3.91. The maximum absolute atomic E-state index is 12.1. The van der Waals surface area contributed by atoms with Gasteiger partial charge in [-0.15, -0.1) is 0 Å². The fraction of sp³-hybridized carbons (Fsp3) is 0.263. The number of hydrogen-bond acceptors (Lipinski definition) is 6. The van der Waals surface area contributed by atoms with Crippen molar-refractivity contribution in [3.05, 3.63) is 42.5 Å². The van der Waals surface area contributed by atoms with Crippen LogP contribution >= 0.6 is 0 Å². The van der Waals surface area contributed by atoms with Crippen LogP contribution in [0, 0.1) is 0 Å². The molecular formula is C19H20N2O6. The second-order valence-electron chi connectivity index (χ2n) is 5.73. The lowest BCUT2D eigenvalue weighted by Crippen LogP contribution is -2.44. The third-order valence-electron chi connectivity index (χ3n) is 3.91. The Morgan fingerprint density at radius 2 is 1.78 bits per heavy atom. The molecule has 1 aliphatic rings. The summed E-state index contributed by atoms with van der Waals surface area (Å²) in [7, 11) is 3.00. The number of hydrogen-bond donors (Lipinski definition) is 2. The van der Waals surface area contributed by atoms with E-state index in [1.54, 1.807) is 30.3 Å². The summed E-state index contributed by atoms with van der Waals surface area (Å²) in [6, 6.07) is 12.1. The van der Waals surface area contributed by atoms with Crippen LogP contribution in [0.4, 0.5) is 5.69 Å². The number of amides is 2. The van der Waals surface area contributed by atoms with Gasteiger partial charge in [0, 0.05) is 11.8 Å². The fourth-order valence-corrected chi connectivity index (χ4v) is 2.55. The predicted octanol–water partition coefficient (Wildman–Crippen LogP) is 1.60. The molecule has 0 bridgehead atoms. The van der Waals surface area contributed by atoms with Crippen LogP contribution in [0.25, 0.3) is 0 Å². The van der Waals surface area contributed by atoms with Crippen LogP contribution in [0.15, 0.2) is 42.5 Å². The summed E-state index contributed by atoms with van der Waals surface area (Å²) < 4.78 is 21.6. The lowest BCUT2D eigenvalue weighted by molar-refractivity contribution is -0.136. The van der Waals surface area contributed by atoms with Crippen LogP contribution in [0.2, 0.25) is 0 Å². The van der Waals surface area contributed by atoms with Crippen molar-refractivity contribution in [1.82, 2.24) is 5.32 Å². The summed E-state index contributed by atoms with van der Waals surface area (Å²) >= 11 is 0. The van der Waals surface area contributed by atoms with Gasteiger partial charge < -0.3 is 29.6 Å². The van der Waals surface area contributed by atoms with Crippen molar-refractivity contribution in [2.75, 3.05) is 32.7 Å². The Kier molecular flexibility index (Phi) is 5.65. The van der Waals surface area contributed by atoms with E-state index in [1.807, 2.05) is 12.1 Å². The normalized spacial score (nSPS) is 14.8. The van der Waals surface area contributed by atoms with Gasteiger partial charge in [0.2, 0.25) is 0 Å². The average molecular weight is 372 g/mol. The van der Waals surface area contributed by atoms with Crippen LogP contribution in [0.3, 0.4) is 0 Å². The molecule has 0 aromatic heterocycles. The van der Waals surface area contributed by atoms with Gasteiger partial charge >= 0.3 is 11.8 Å². The molecule has 0 radical (unpaired) electrons. The van der Waals surface area contributed by atoms with Gasteiger partial charge in [-0.05, 0) is 24.3 Å². The minimum atomic E-state index is -0.792. The van der Waals surface area contributed by atoms with Crippen molar-refractivity contribution in [1.29, 1.82) is 0 Å². The number of methoxy groups -OCH3 is 2. The zero-order chi connectivity index (χ0) is 19.2. The van der Waals surface area contributed by atoms with Crippen molar-refractivity contribution in [2.24, 2.45) is 0 Å². The number of anilines is 1. The number of para-hydroxylation sites is 2.